The number of aryl methyl sites for hydroxylation is 2. The number of amides is 2. The summed E-state index contributed by atoms with van der Waals surface area (Å²) < 4.78 is 1.71. The zero-order valence-corrected chi connectivity index (χ0v) is 11.9. The molecular formula is C13H20N4O2. The van der Waals surface area contributed by atoms with Crippen molar-refractivity contribution in [2.45, 2.75) is 32.7 Å². The first kappa shape index (κ1) is 13.6. The van der Waals surface area contributed by atoms with Crippen LogP contribution in [0.3, 0.4) is 0 Å². The molecule has 0 radical (unpaired) electrons. The molecule has 6 heteroatoms. The van der Waals surface area contributed by atoms with E-state index in [9.17, 15) is 9.59 Å². The number of carbonyl (C=O) groups is 2. The number of hydrogen-bond donors (Lipinski definition) is 1. The molecule has 1 fully saturated rings. The minimum Gasteiger partial charge on any atom is -0.347 e. The maximum absolute atomic E-state index is 12.3. The van der Waals surface area contributed by atoms with Crippen LogP contribution in [0.25, 0.3) is 0 Å². The van der Waals surface area contributed by atoms with Crippen LogP contribution in [0.2, 0.25) is 0 Å². The van der Waals surface area contributed by atoms with Gasteiger partial charge in [-0.25, -0.2) is 0 Å². The fourth-order valence-corrected chi connectivity index (χ4v) is 2.49. The number of nitrogens with zero attached hydrogens (tertiary/aromatic N) is 3. The Labute approximate surface area is 112 Å². The highest BCUT2D eigenvalue weighted by molar-refractivity contribution is 5.96. The van der Waals surface area contributed by atoms with Gasteiger partial charge in [0.25, 0.3) is 5.91 Å². The van der Waals surface area contributed by atoms with E-state index in [-0.39, 0.29) is 17.9 Å². The Morgan fingerprint density at radius 3 is 2.58 bits per heavy atom. The molecule has 1 aliphatic rings. The number of hydrogen-bond acceptors (Lipinski definition) is 3. The summed E-state index contributed by atoms with van der Waals surface area (Å²) in [4.78, 5) is 25.4. The second kappa shape index (κ2) is 5.03. The molecule has 2 amide bonds. The summed E-state index contributed by atoms with van der Waals surface area (Å²) in [5, 5.41) is 7.24. The Kier molecular flexibility index (Phi) is 3.59. The van der Waals surface area contributed by atoms with Crippen molar-refractivity contribution in [1.82, 2.24) is 20.0 Å². The van der Waals surface area contributed by atoms with Gasteiger partial charge in [-0.05, 0) is 20.3 Å². The van der Waals surface area contributed by atoms with Crippen LogP contribution in [0.1, 0.15) is 34.6 Å². The summed E-state index contributed by atoms with van der Waals surface area (Å²) in [6.07, 6.45) is 1.19. The standard InChI is InChI=1S/C13H20N4O2/c1-8-12(9(2)17(4)15-8)13(19)14-10-5-6-11(18)16(3)7-10/h10H,5-7H2,1-4H3,(H,14,19)/t10-/m0/s1. The second-order valence-electron chi connectivity index (χ2n) is 5.15. The molecule has 0 spiro atoms. The zero-order valence-electron chi connectivity index (χ0n) is 11.9. The van der Waals surface area contributed by atoms with Gasteiger partial charge in [-0.2, -0.15) is 5.10 Å². The lowest BCUT2D eigenvalue weighted by atomic mass is 10.0. The van der Waals surface area contributed by atoms with Gasteiger partial charge in [-0.3, -0.25) is 14.3 Å². The average molecular weight is 264 g/mol. The van der Waals surface area contributed by atoms with Gasteiger partial charge in [-0.15, -0.1) is 0 Å². The van der Waals surface area contributed by atoms with Crippen molar-refractivity contribution in [3.8, 4) is 0 Å². The minimum atomic E-state index is -0.101. The number of piperidine rings is 1. The summed E-state index contributed by atoms with van der Waals surface area (Å²) in [6, 6.07) is 0.0224. The number of rotatable bonds is 2. The number of aromatic nitrogens is 2. The van der Waals surface area contributed by atoms with Crippen molar-refractivity contribution >= 4 is 11.8 Å². The van der Waals surface area contributed by atoms with E-state index in [0.717, 1.165) is 11.4 Å². The van der Waals surface area contributed by atoms with Crippen LogP contribution < -0.4 is 5.32 Å². The van der Waals surface area contributed by atoms with Gasteiger partial charge in [0, 0.05) is 38.8 Å². The van der Waals surface area contributed by atoms with Crippen molar-refractivity contribution in [3.05, 3.63) is 17.0 Å². The Hall–Kier alpha value is -1.85. The van der Waals surface area contributed by atoms with Crippen molar-refractivity contribution in [2.75, 3.05) is 13.6 Å². The quantitative estimate of drug-likeness (QED) is 0.840. The Morgan fingerprint density at radius 1 is 1.37 bits per heavy atom. The molecule has 0 saturated carbocycles. The number of nitrogens with one attached hydrogen (secondary N) is 1. The molecule has 0 unspecified atom stereocenters. The van der Waals surface area contributed by atoms with E-state index in [1.54, 1.807) is 16.6 Å². The summed E-state index contributed by atoms with van der Waals surface area (Å²) in [6.45, 7) is 4.28. The molecule has 1 aromatic rings. The lowest BCUT2D eigenvalue weighted by Crippen LogP contribution is -2.48. The van der Waals surface area contributed by atoms with Crippen LogP contribution in [-0.4, -0.2) is 46.1 Å². The summed E-state index contributed by atoms with van der Waals surface area (Å²) >= 11 is 0. The number of likely N-dealkylation sites (tertiary alicyclic amines) is 1. The van der Waals surface area contributed by atoms with Crippen molar-refractivity contribution in [1.29, 1.82) is 0 Å². The molecule has 19 heavy (non-hydrogen) atoms. The van der Waals surface area contributed by atoms with Crippen LogP contribution >= 0.6 is 0 Å². The maximum Gasteiger partial charge on any atom is 0.255 e. The molecule has 0 aromatic carbocycles. The smallest absolute Gasteiger partial charge is 0.255 e. The highest BCUT2D eigenvalue weighted by Gasteiger charge is 2.26. The van der Waals surface area contributed by atoms with E-state index in [2.05, 4.69) is 10.4 Å². The molecule has 6 nitrogen and oxygen atoms in total. The minimum absolute atomic E-state index is 0.0224. The van der Waals surface area contributed by atoms with Crippen molar-refractivity contribution in [2.24, 2.45) is 7.05 Å². The monoisotopic (exact) mass is 264 g/mol. The van der Waals surface area contributed by atoms with E-state index in [0.29, 0.717) is 24.9 Å². The van der Waals surface area contributed by atoms with Gasteiger partial charge in [0.05, 0.1) is 11.3 Å². The Balaban J connectivity index is 2.07. The summed E-state index contributed by atoms with van der Waals surface area (Å²) in [5.74, 6) is 0.0371. The van der Waals surface area contributed by atoms with Crippen LogP contribution in [-0.2, 0) is 11.8 Å². The first-order valence-electron chi connectivity index (χ1n) is 6.45. The Bertz CT molecular complexity index is 521. The van der Waals surface area contributed by atoms with Crippen molar-refractivity contribution in [3.63, 3.8) is 0 Å². The molecule has 1 saturated heterocycles. The van der Waals surface area contributed by atoms with E-state index < -0.39 is 0 Å². The molecule has 1 aromatic heterocycles. The van der Waals surface area contributed by atoms with E-state index in [1.807, 2.05) is 20.9 Å². The predicted molar refractivity (Wildman–Crippen MR) is 70.8 cm³/mol. The molecule has 0 bridgehead atoms. The normalized spacial score (nSPS) is 19.7. The van der Waals surface area contributed by atoms with Crippen LogP contribution in [0.15, 0.2) is 0 Å². The maximum atomic E-state index is 12.3. The lowest BCUT2D eigenvalue weighted by molar-refractivity contribution is -0.132. The van der Waals surface area contributed by atoms with Gasteiger partial charge in [0.2, 0.25) is 5.91 Å². The van der Waals surface area contributed by atoms with Crippen molar-refractivity contribution < 1.29 is 9.59 Å². The molecule has 0 aliphatic carbocycles. The predicted octanol–water partition coefficient (Wildman–Crippen LogP) is 0.388. The molecule has 2 rings (SSSR count). The highest BCUT2D eigenvalue weighted by atomic mass is 16.2. The fourth-order valence-electron chi connectivity index (χ4n) is 2.49. The van der Waals surface area contributed by atoms with Gasteiger partial charge in [0.1, 0.15) is 0 Å². The topological polar surface area (TPSA) is 67.2 Å². The second-order valence-corrected chi connectivity index (χ2v) is 5.15. The Morgan fingerprint density at radius 2 is 2.05 bits per heavy atom. The fraction of sp³-hybridized carbons (Fsp3) is 0.615. The van der Waals surface area contributed by atoms with E-state index in [4.69, 9.17) is 0 Å². The van der Waals surface area contributed by atoms with E-state index >= 15 is 0 Å². The molecule has 1 atom stereocenters. The molecule has 1 N–H and O–H groups in total. The first-order valence-corrected chi connectivity index (χ1v) is 6.45. The van der Waals surface area contributed by atoms with Gasteiger partial charge >= 0.3 is 0 Å². The first-order chi connectivity index (χ1) is 8.90. The van der Waals surface area contributed by atoms with E-state index in [1.165, 1.54) is 0 Å². The lowest BCUT2D eigenvalue weighted by Gasteiger charge is -2.30. The van der Waals surface area contributed by atoms with Crippen LogP contribution in [0.5, 0.6) is 0 Å². The molecule has 2 heterocycles. The third kappa shape index (κ3) is 2.62. The van der Waals surface area contributed by atoms with Crippen LogP contribution in [0, 0.1) is 13.8 Å². The highest BCUT2D eigenvalue weighted by Crippen LogP contribution is 2.14. The average Bonchev–Trinajstić information content (AvgIpc) is 2.58. The molecule has 104 valence electrons. The largest absolute Gasteiger partial charge is 0.347 e. The summed E-state index contributed by atoms with van der Waals surface area (Å²) in [5.41, 5.74) is 2.23. The third-order valence-electron chi connectivity index (χ3n) is 3.70. The van der Waals surface area contributed by atoms with Gasteiger partial charge in [0.15, 0.2) is 0 Å². The number of carbonyl (C=O) groups excluding carboxylic acids is 2. The van der Waals surface area contributed by atoms with Gasteiger partial charge < -0.3 is 10.2 Å². The van der Waals surface area contributed by atoms with Gasteiger partial charge in [-0.1, -0.05) is 0 Å². The SMILES string of the molecule is Cc1nn(C)c(C)c1C(=O)N[C@H]1CCC(=O)N(C)C1. The molecular weight excluding hydrogens is 244 g/mol. The van der Waals surface area contributed by atoms with Crippen LogP contribution in [0.4, 0.5) is 0 Å². The number of likely N-dealkylation sites (N-methyl/N-ethyl adjacent to an activating group) is 1. The summed E-state index contributed by atoms with van der Waals surface area (Å²) in [7, 11) is 3.59. The third-order valence-corrected chi connectivity index (χ3v) is 3.70. The zero-order chi connectivity index (χ0) is 14.2. The molecule has 1 aliphatic heterocycles.